The van der Waals surface area contributed by atoms with Gasteiger partial charge in [-0.25, -0.2) is 14.0 Å². The fourth-order valence-corrected chi connectivity index (χ4v) is 4.08. The van der Waals surface area contributed by atoms with Gasteiger partial charge in [0.15, 0.2) is 18.0 Å². The van der Waals surface area contributed by atoms with Crippen LogP contribution >= 0.6 is 0 Å². The predicted molar refractivity (Wildman–Crippen MR) is 115 cm³/mol. The van der Waals surface area contributed by atoms with Gasteiger partial charge in [-0.05, 0) is 37.1 Å². The Balaban J connectivity index is 1.83. The summed E-state index contributed by atoms with van der Waals surface area (Å²) in [7, 11) is 0. The fourth-order valence-electron chi connectivity index (χ4n) is 4.08. The smallest absolute Gasteiger partial charge is 0.338 e. The van der Waals surface area contributed by atoms with Crippen molar-refractivity contribution in [3.05, 3.63) is 104 Å². The number of H-pyrrole nitrogens is 1. The molecule has 0 unspecified atom stereocenters. The molecular formula is C24H20FN2O7-. The normalized spacial score (nSPS) is 24.0. The summed E-state index contributed by atoms with van der Waals surface area (Å²) in [6, 6.07) is 13.2. The van der Waals surface area contributed by atoms with Gasteiger partial charge in [0.25, 0.3) is 5.56 Å². The largest absolute Gasteiger partial charge is 0.545 e. The maximum atomic E-state index is 16.3. The highest BCUT2D eigenvalue weighted by atomic mass is 19.1. The van der Waals surface area contributed by atoms with Gasteiger partial charge in [0.2, 0.25) is 0 Å². The summed E-state index contributed by atoms with van der Waals surface area (Å²) in [6.45, 7) is 2.60. The number of carbonyl (C=O) groups excluding carboxylic acids is 2. The van der Waals surface area contributed by atoms with Crippen LogP contribution in [-0.4, -0.2) is 33.3 Å². The van der Waals surface area contributed by atoms with Crippen LogP contribution in [0, 0.1) is 6.92 Å². The molecule has 176 valence electrons. The number of rotatable bonds is 5. The van der Waals surface area contributed by atoms with Gasteiger partial charge in [-0.1, -0.05) is 36.4 Å². The molecule has 4 atom stereocenters. The third-order valence-electron chi connectivity index (χ3n) is 5.84. The molecule has 10 heteroatoms. The van der Waals surface area contributed by atoms with Crippen LogP contribution in [0.2, 0.25) is 0 Å². The highest BCUT2D eigenvalue weighted by Gasteiger charge is 2.59. The minimum Gasteiger partial charge on any atom is -0.545 e. The average molecular weight is 467 g/mol. The summed E-state index contributed by atoms with van der Waals surface area (Å²) >= 11 is 0. The molecule has 1 aliphatic rings. The van der Waals surface area contributed by atoms with Crippen LogP contribution in [0.15, 0.2) is 70.4 Å². The summed E-state index contributed by atoms with van der Waals surface area (Å²) < 4.78 is 28.6. The van der Waals surface area contributed by atoms with Crippen molar-refractivity contribution in [2.24, 2.45) is 0 Å². The molecule has 0 saturated carbocycles. The van der Waals surface area contributed by atoms with E-state index >= 15 is 4.39 Å². The maximum absolute atomic E-state index is 16.3. The Bertz CT molecular complexity index is 1360. The number of benzene rings is 2. The Morgan fingerprint density at radius 2 is 1.82 bits per heavy atom. The second-order valence-electron chi connectivity index (χ2n) is 8.08. The molecule has 1 aliphatic heterocycles. The monoisotopic (exact) mass is 467 g/mol. The van der Waals surface area contributed by atoms with Crippen LogP contribution in [0.3, 0.4) is 0 Å². The van der Waals surface area contributed by atoms with Crippen LogP contribution < -0.4 is 16.4 Å². The molecule has 4 rings (SSSR count). The Morgan fingerprint density at radius 3 is 2.47 bits per heavy atom. The number of nitrogens with one attached hydrogen (secondary N) is 1. The van der Waals surface area contributed by atoms with E-state index in [0.29, 0.717) is 0 Å². The number of aromatic carboxylic acids is 1. The molecule has 0 spiro atoms. The standard InChI is InChI=1S/C24H21FN2O7/c1-13-15(9-6-10-16(13)20(29)30)18-19(34-21(31)14-7-4-3-5-8-14)24(2,25)22(33-18)27-12-11-17(28)26-23(27)32/h3-12,18-19,22H,1-2H3,(H,29,30)(H,26,28,32)/p-1/t18-,19-,22-,24+/m1/s1. The number of carboxylic acids is 1. The molecule has 34 heavy (non-hydrogen) atoms. The number of esters is 1. The van der Waals surface area contributed by atoms with Crippen molar-refractivity contribution in [1.29, 1.82) is 0 Å². The summed E-state index contributed by atoms with van der Waals surface area (Å²) in [5.41, 5.74) is -3.55. The van der Waals surface area contributed by atoms with E-state index in [1.165, 1.54) is 37.3 Å². The van der Waals surface area contributed by atoms with Crippen LogP contribution in [0.25, 0.3) is 0 Å². The van der Waals surface area contributed by atoms with Crippen LogP contribution in [0.1, 0.15) is 51.1 Å². The number of hydrogen-bond acceptors (Lipinski definition) is 7. The van der Waals surface area contributed by atoms with Crippen molar-refractivity contribution in [3.63, 3.8) is 0 Å². The van der Waals surface area contributed by atoms with E-state index in [2.05, 4.69) is 0 Å². The summed E-state index contributed by atoms with van der Waals surface area (Å²) in [5.74, 6) is -2.27. The zero-order valence-electron chi connectivity index (χ0n) is 18.2. The number of carboxylic acid groups (broad SMARTS) is 1. The van der Waals surface area contributed by atoms with E-state index in [1.807, 2.05) is 4.98 Å². The lowest BCUT2D eigenvalue weighted by Gasteiger charge is -2.28. The highest BCUT2D eigenvalue weighted by molar-refractivity contribution is 5.89. The van der Waals surface area contributed by atoms with Crippen molar-refractivity contribution >= 4 is 11.9 Å². The molecule has 1 saturated heterocycles. The quantitative estimate of drug-likeness (QED) is 0.562. The van der Waals surface area contributed by atoms with Gasteiger partial charge in [-0.3, -0.25) is 14.3 Å². The summed E-state index contributed by atoms with van der Waals surface area (Å²) in [5, 5.41) is 11.5. The second kappa shape index (κ2) is 8.71. The van der Waals surface area contributed by atoms with Crippen molar-refractivity contribution in [1.82, 2.24) is 9.55 Å². The van der Waals surface area contributed by atoms with Crippen molar-refractivity contribution in [2.75, 3.05) is 0 Å². The average Bonchev–Trinajstić information content (AvgIpc) is 3.04. The third kappa shape index (κ3) is 4.03. The lowest BCUT2D eigenvalue weighted by Crippen LogP contribution is -2.44. The first-order chi connectivity index (χ1) is 16.1. The van der Waals surface area contributed by atoms with Crippen LogP contribution in [0.5, 0.6) is 0 Å². The number of aromatic nitrogens is 2. The number of alkyl halides is 1. The topological polar surface area (TPSA) is 131 Å². The molecule has 2 heterocycles. The maximum Gasteiger partial charge on any atom is 0.338 e. The zero-order chi connectivity index (χ0) is 24.6. The molecule has 0 bridgehead atoms. The molecule has 0 amide bonds. The Hall–Kier alpha value is -4.05. The van der Waals surface area contributed by atoms with E-state index in [9.17, 15) is 24.3 Å². The number of ether oxygens (including phenoxy) is 2. The van der Waals surface area contributed by atoms with Crippen molar-refractivity contribution in [3.8, 4) is 0 Å². The highest BCUT2D eigenvalue weighted by Crippen LogP contribution is 2.49. The van der Waals surface area contributed by atoms with Gasteiger partial charge < -0.3 is 19.4 Å². The molecular weight excluding hydrogens is 447 g/mol. The third-order valence-corrected chi connectivity index (χ3v) is 5.84. The number of nitrogens with zero attached hydrogens (tertiary/aromatic N) is 1. The van der Waals surface area contributed by atoms with Gasteiger partial charge in [-0.15, -0.1) is 0 Å². The molecule has 9 nitrogen and oxygen atoms in total. The first kappa shape index (κ1) is 23.1. The molecule has 1 N–H and O–H groups in total. The summed E-state index contributed by atoms with van der Waals surface area (Å²) in [6.07, 6.45) is -3.36. The van der Waals surface area contributed by atoms with Crippen molar-refractivity contribution in [2.45, 2.75) is 38.0 Å². The Kier molecular flexibility index (Phi) is 5.92. The van der Waals surface area contributed by atoms with E-state index in [1.54, 1.807) is 18.2 Å². The zero-order valence-corrected chi connectivity index (χ0v) is 18.2. The van der Waals surface area contributed by atoms with Gasteiger partial charge in [-0.2, -0.15) is 0 Å². The molecule has 3 aromatic rings. The molecule has 1 fully saturated rings. The molecule has 2 aromatic carbocycles. The molecule has 0 radical (unpaired) electrons. The van der Waals surface area contributed by atoms with Gasteiger partial charge in [0.1, 0.15) is 6.10 Å². The van der Waals surface area contributed by atoms with Gasteiger partial charge >= 0.3 is 11.7 Å². The number of aromatic amines is 1. The lowest BCUT2D eigenvalue weighted by atomic mass is 9.90. The van der Waals surface area contributed by atoms with E-state index in [0.717, 1.165) is 23.8 Å². The first-order valence-electron chi connectivity index (χ1n) is 10.3. The van der Waals surface area contributed by atoms with Gasteiger partial charge in [0.05, 0.1) is 11.5 Å². The Labute approximate surface area is 192 Å². The number of halogens is 1. The van der Waals surface area contributed by atoms with Crippen molar-refractivity contribution < 1.29 is 28.6 Å². The number of hydrogen-bond donors (Lipinski definition) is 1. The van der Waals surface area contributed by atoms with E-state index < -0.39 is 47.3 Å². The SMILES string of the molecule is Cc1c(C(=O)[O-])cccc1[C@H]1O[C@@H](n2ccc(=O)[nH]c2=O)[C@@](C)(F)[C@@H]1OC(=O)c1ccccc1. The summed E-state index contributed by atoms with van der Waals surface area (Å²) in [4.78, 5) is 50.3. The first-order valence-corrected chi connectivity index (χ1v) is 10.3. The minimum atomic E-state index is -2.46. The number of carbonyl (C=O) groups is 2. The van der Waals surface area contributed by atoms with Crippen LogP contribution in [0.4, 0.5) is 4.39 Å². The molecule has 1 aromatic heterocycles. The second-order valence-corrected chi connectivity index (χ2v) is 8.08. The van der Waals surface area contributed by atoms with E-state index in [-0.39, 0.29) is 22.3 Å². The van der Waals surface area contributed by atoms with E-state index in [4.69, 9.17) is 9.47 Å². The minimum absolute atomic E-state index is 0.139. The predicted octanol–water partition coefficient (Wildman–Crippen LogP) is 1.43. The molecule has 0 aliphatic carbocycles. The lowest BCUT2D eigenvalue weighted by molar-refractivity contribution is -0.255. The fraction of sp³-hybridized carbons (Fsp3) is 0.250. The van der Waals surface area contributed by atoms with Crippen LogP contribution in [-0.2, 0) is 9.47 Å². The Morgan fingerprint density at radius 1 is 1.12 bits per heavy atom. The van der Waals surface area contributed by atoms with Gasteiger partial charge in [0, 0.05) is 17.8 Å².